The predicted molar refractivity (Wildman–Crippen MR) is 81.1 cm³/mol. The number of piperidine rings is 1. The molecule has 1 aliphatic carbocycles. The number of likely N-dealkylation sites (tertiary alicyclic amines) is 1. The van der Waals surface area contributed by atoms with Crippen LogP contribution < -0.4 is 5.32 Å². The number of carboxylic acids is 1. The molecule has 2 N–H and O–H groups in total. The summed E-state index contributed by atoms with van der Waals surface area (Å²) >= 11 is 0. The van der Waals surface area contributed by atoms with Crippen LogP contribution in [0.2, 0.25) is 0 Å². The monoisotopic (exact) mass is 296 g/mol. The van der Waals surface area contributed by atoms with Gasteiger partial charge in [-0.1, -0.05) is 19.8 Å². The molecule has 5 heteroatoms. The zero-order valence-corrected chi connectivity index (χ0v) is 13.1. The van der Waals surface area contributed by atoms with Crippen LogP contribution in [-0.2, 0) is 4.79 Å². The number of amides is 2. The van der Waals surface area contributed by atoms with Crippen LogP contribution in [0.5, 0.6) is 0 Å². The molecule has 2 aliphatic rings. The average Bonchev–Trinajstić information content (AvgIpc) is 2.92. The van der Waals surface area contributed by atoms with E-state index in [9.17, 15) is 9.59 Å². The number of hydrogen-bond acceptors (Lipinski definition) is 2. The lowest BCUT2D eigenvalue weighted by atomic mass is 9.77. The average molecular weight is 296 g/mol. The van der Waals surface area contributed by atoms with Gasteiger partial charge >= 0.3 is 12.0 Å². The van der Waals surface area contributed by atoms with Crippen molar-refractivity contribution in [3.05, 3.63) is 0 Å². The van der Waals surface area contributed by atoms with E-state index < -0.39 is 5.97 Å². The number of carbonyl (C=O) groups is 2. The predicted octanol–water partition coefficient (Wildman–Crippen LogP) is 2.85. The molecule has 2 rings (SSSR count). The molecule has 1 aliphatic heterocycles. The van der Waals surface area contributed by atoms with Gasteiger partial charge in [-0.25, -0.2) is 4.79 Å². The molecule has 1 spiro atoms. The Bertz CT molecular complexity index is 368. The van der Waals surface area contributed by atoms with Crippen LogP contribution in [0, 0.1) is 11.3 Å². The Hall–Kier alpha value is -1.26. The fraction of sp³-hybridized carbons (Fsp3) is 0.875. The Kier molecular flexibility index (Phi) is 5.48. The van der Waals surface area contributed by atoms with Gasteiger partial charge in [-0.15, -0.1) is 0 Å². The van der Waals surface area contributed by atoms with Gasteiger partial charge in [0.2, 0.25) is 0 Å². The smallest absolute Gasteiger partial charge is 0.317 e. The summed E-state index contributed by atoms with van der Waals surface area (Å²) in [7, 11) is 0. The van der Waals surface area contributed by atoms with Crippen molar-refractivity contribution in [3.63, 3.8) is 0 Å². The van der Waals surface area contributed by atoms with Crippen molar-refractivity contribution in [2.45, 2.75) is 58.3 Å². The Morgan fingerprint density at radius 1 is 1.19 bits per heavy atom. The van der Waals surface area contributed by atoms with Crippen LogP contribution in [0.15, 0.2) is 0 Å². The Balaban J connectivity index is 1.62. The largest absolute Gasteiger partial charge is 0.481 e. The third-order valence-electron chi connectivity index (χ3n) is 5.29. The summed E-state index contributed by atoms with van der Waals surface area (Å²) in [6, 6.07) is 0.0193. The quantitative estimate of drug-likeness (QED) is 0.766. The lowest BCUT2D eigenvalue weighted by Crippen LogP contribution is -2.47. The summed E-state index contributed by atoms with van der Waals surface area (Å²) in [5, 5.41) is 11.7. The minimum atomic E-state index is -0.765. The molecule has 1 unspecified atom stereocenters. The van der Waals surface area contributed by atoms with Crippen LogP contribution in [-0.4, -0.2) is 41.6 Å². The zero-order valence-electron chi connectivity index (χ0n) is 13.1. The van der Waals surface area contributed by atoms with Crippen molar-refractivity contribution in [1.82, 2.24) is 10.2 Å². The Morgan fingerprint density at radius 2 is 1.81 bits per heavy atom. The van der Waals surface area contributed by atoms with Crippen molar-refractivity contribution in [2.24, 2.45) is 11.3 Å². The van der Waals surface area contributed by atoms with Gasteiger partial charge in [0.15, 0.2) is 0 Å². The Labute approximate surface area is 127 Å². The molecule has 0 radical (unpaired) electrons. The topological polar surface area (TPSA) is 69.6 Å². The molecule has 5 nitrogen and oxygen atoms in total. The first-order chi connectivity index (χ1) is 10.0. The maximum atomic E-state index is 12.1. The van der Waals surface area contributed by atoms with E-state index in [2.05, 4.69) is 5.32 Å². The van der Waals surface area contributed by atoms with Crippen molar-refractivity contribution < 1.29 is 14.7 Å². The number of carboxylic acid groups (broad SMARTS) is 1. The number of nitrogens with one attached hydrogen (secondary N) is 1. The molecule has 0 aromatic rings. The van der Waals surface area contributed by atoms with Crippen LogP contribution >= 0.6 is 0 Å². The van der Waals surface area contributed by atoms with Crippen LogP contribution in [0.3, 0.4) is 0 Å². The zero-order chi connectivity index (χ0) is 15.3. The van der Waals surface area contributed by atoms with Gasteiger partial charge in [0.1, 0.15) is 0 Å². The molecule has 2 amide bonds. The summed E-state index contributed by atoms with van der Waals surface area (Å²) in [5.74, 6) is -1.10. The van der Waals surface area contributed by atoms with Gasteiger partial charge in [0.25, 0.3) is 0 Å². The number of hydrogen-bond donors (Lipinski definition) is 2. The maximum Gasteiger partial charge on any atom is 0.317 e. The molecule has 1 atom stereocenters. The second kappa shape index (κ2) is 7.14. The van der Waals surface area contributed by atoms with E-state index in [4.69, 9.17) is 5.11 Å². The molecule has 2 fully saturated rings. The molecule has 0 bridgehead atoms. The van der Waals surface area contributed by atoms with Crippen molar-refractivity contribution in [1.29, 1.82) is 0 Å². The van der Waals surface area contributed by atoms with Crippen LogP contribution in [0.1, 0.15) is 58.3 Å². The summed E-state index contributed by atoms with van der Waals surface area (Å²) < 4.78 is 0. The molecule has 21 heavy (non-hydrogen) atoms. The molecule has 1 saturated heterocycles. The first kappa shape index (κ1) is 16.1. The highest BCUT2D eigenvalue weighted by atomic mass is 16.4. The van der Waals surface area contributed by atoms with Gasteiger partial charge < -0.3 is 15.3 Å². The number of rotatable bonds is 5. The molecule has 0 aromatic heterocycles. The highest BCUT2D eigenvalue weighted by Crippen LogP contribution is 2.46. The minimum Gasteiger partial charge on any atom is -0.481 e. The highest BCUT2D eigenvalue weighted by Gasteiger charge is 2.37. The first-order valence-corrected chi connectivity index (χ1v) is 8.28. The van der Waals surface area contributed by atoms with E-state index in [1.165, 1.54) is 25.7 Å². The molecular formula is C16H28N2O3. The SMILES string of the molecule is CC(CCCNC(=O)N1CCC2(CCCC2)CC1)C(=O)O. The third kappa shape index (κ3) is 4.35. The minimum absolute atomic E-state index is 0.0193. The fourth-order valence-corrected chi connectivity index (χ4v) is 3.65. The summed E-state index contributed by atoms with van der Waals surface area (Å²) in [6.07, 6.45) is 9.02. The van der Waals surface area contributed by atoms with Crippen LogP contribution in [0.25, 0.3) is 0 Å². The van der Waals surface area contributed by atoms with Gasteiger partial charge in [-0.3, -0.25) is 4.79 Å². The normalized spacial score (nSPS) is 22.2. The van der Waals surface area contributed by atoms with Gasteiger partial charge in [-0.05, 0) is 43.9 Å². The third-order valence-corrected chi connectivity index (χ3v) is 5.29. The molecule has 1 saturated carbocycles. The van der Waals surface area contributed by atoms with E-state index in [-0.39, 0.29) is 11.9 Å². The number of aliphatic carboxylic acids is 1. The van der Waals surface area contributed by atoms with Crippen molar-refractivity contribution in [3.8, 4) is 0 Å². The van der Waals surface area contributed by atoms with Crippen LogP contribution in [0.4, 0.5) is 4.79 Å². The summed E-state index contributed by atoms with van der Waals surface area (Å²) in [6.45, 7) is 4.02. The van der Waals surface area contributed by atoms with Gasteiger partial charge in [-0.2, -0.15) is 0 Å². The van der Waals surface area contributed by atoms with Gasteiger partial charge in [0.05, 0.1) is 5.92 Å². The fourth-order valence-electron chi connectivity index (χ4n) is 3.65. The number of nitrogens with zero attached hydrogens (tertiary/aromatic N) is 1. The lowest BCUT2D eigenvalue weighted by molar-refractivity contribution is -0.141. The second-order valence-corrected chi connectivity index (χ2v) is 6.81. The van der Waals surface area contributed by atoms with Crippen molar-refractivity contribution in [2.75, 3.05) is 19.6 Å². The maximum absolute atomic E-state index is 12.1. The van der Waals surface area contributed by atoms with Gasteiger partial charge in [0, 0.05) is 19.6 Å². The Morgan fingerprint density at radius 3 is 2.38 bits per heavy atom. The van der Waals surface area contributed by atoms with Crippen molar-refractivity contribution >= 4 is 12.0 Å². The van der Waals surface area contributed by atoms with E-state index >= 15 is 0 Å². The summed E-state index contributed by atoms with van der Waals surface area (Å²) in [4.78, 5) is 24.7. The number of urea groups is 1. The van der Waals surface area contributed by atoms with E-state index in [1.807, 2.05) is 4.90 Å². The van der Waals surface area contributed by atoms with E-state index in [0.29, 0.717) is 18.4 Å². The molecule has 120 valence electrons. The van der Waals surface area contributed by atoms with E-state index in [0.717, 1.165) is 32.4 Å². The molecule has 1 heterocycles. The standard InChI is InChI=1S/C16H28N2O3/c1-13(14(19)20)5-4-10-17-15(21)18-11-8-16(9-12-18)6-2-3-7-16/h13H,2-12H2,1H3,(H,17,21)(H,19,20). The first-order valence-electron chi connectivity index (χ1n) is 8.28. The lowest BCUT2D eigenvalue weighted by Gasteiger charge is -2.39. The van der Waals surface area contributed by atoms with E-state index in [1.54, 1.807) is 6.92 Å². The highest BCUT2D eigenvalue weighted by molar-refractivity contribution is 5.74. The number of carbonyl (C=O) groups excluding carboxylic acids is 1. The molecular weight excluding hydrogens is 268 g/mol. The molecule has 0 aromatic carbocycles. The summed E-state index contributed by atoms with van der Waals surface area (Å²) in [5.41, 5.74) is 0.535. The second-order valence-electron chi connectivity index (χ2n) is 6.81.